The average molecular weight is 262 g/mol. The number of methoxy groups -OCH3 is 1. The van der Waals surface area contributed by atoms with Crippen LogP contribution in [0.3, 0.4) is 0 Å². The van der Waals surface area contributed by atoms with Gasteiger partial charge < -0.3 is 4.74 Å². The van der Waals surface area contributed by atoms with Crippen LogP contribution in [0.1, 0.15) is 0 Å². The largest absolute Gasteiger partial charge is 0.478 e. The molecule has 2 aromatic rings. The number of fused-ring (bicyclic) bond motifs is 1. The second kappa shape index (κ2) is 3.16. The van der Waals surface area contributed by atoms with Gasteiger partial charge in [0.2, 0.25) is 5.65 Å². The van der Waals surface area contributed by atoms with Crippen molar-refractivity contribution >= 4 is 33.2 Å². The fourth-order valence-corrected chi connectivity index (χ4v) is 1.57. The van der Waals surface area contributed by atoms with E-state index in [1.165, 1.54) is 7.11 Å². The molecule has 0 amide bonds. The molecule has 13 heavy (non-hydrogen) atoms. The summed E-state index contributed by atoms with van der Waals surface area (Å²) in [6.45, 7) is 0. The number of imidazole rings is 1. The van der Waals surface area contributed by atoms with Crippen molar-refractivity contribution in [3.8, 4) is 5.88 Å². The maximum Gasteiger partial charge on any atom is 0.259 e. The highest BCUT2D eigenvalue weighted by atomic mass is 79.9. The lowest BCUT2D eigenvalue weighted by atomic mass is 10.6. The number of halogens is 2. The quantitative estimate of drug-likeness (QED) is 0.790. The van der Waals surface area contributed by atoms with Gasteiger partial charge >= 0.3 is 0 Å². The molecule has 68 valence electrons. The van der Waals surface area contributed by atoms with Crippen LogP contribution in [0.5, 0.6) is 5.88 Å². The highest BCUT2D eigenvalue weighted by Gasteiger charge is 2.11. The number of hydrogen-bond acceptors (Lipinski definition) is 3. The van der Waals surface area contributed by atoms with Crippen molar-refractivity contribution in [3.63, 3.8) is 0 Å². The van der Waals surface area contributed by atoms with Gasteiger partial charge in [-0.25, -0.2) is 4.98 Å². The zero-order valence-corrected chi connectivity index (χ0v) is 9.00. The standard InChI is InChI=1S/C7H5BrClN3O/c1-13-7-6-10-2-3-12(6)5(9)4(8)11-7/h2-3H,1H3. The van der Waals surface area contributed by atoms with Crippen LogP contribution in [0.2, 0.25) is 5.15 Å². The molecular weight excluding hydrogens is 257 g/mol. The molecule has 0 aliphatic carbocycles. The van der Waals surface area contributed by atoms with Crippen LogP contribution >= 0.6 is 27.5 Å². The van der Waals surface area contributed by atoms with Crippen LogP contribution in [0, 0.1) is 0 Å². The van der Waals surface area contributed by atoms with Crippen molar-refractivity contribution in [1.29, 1.82) is 0 Å². The van der Waals surface area contributed by atoms with Gasteiger partial charge in [0.15, 0.2) is 0 Å². The molecule has 0 spiro atoms. The average Bonchev–Trinajstić information content (AvgIpc) is 2.60. The summed E-state index contributed by atoms with van der Waals surface area (Å²) in [6, 6.07) is 0. The van der Waals surface area contributed by atoms with E-state index in [1.54, 1.807) is 16.8 Å². The van der Waals surface area contributed by atoms with Gasteiger partial charge in [0.05, 0.1) is 7.11 Å². The number of ether oxygens (including phenoxy) is 1. The lowest BCUT2D eigenvalue weighted by Crippen LogP contribution is -1.96. The highest BCUT2D eigenvalue weighted by Crippen LogP contribution is 2.26. The summed E-state index contributed by atoms with van der Waals surface area (Å²) >= 11 is 9.18. The zero-order valence-electron chi connectivity index (χ0n) is 6.66. The first-order valence-electron chi connectivity index (χ1n) is 3.46. The van der Waals surface area contributed by atoms with Crippen molar-refractivity contribution in [2.75, 3.05) is 7.11 Å². The fourth-order valence-electron chi connectivity index (χ4n) is 1.04. The Bertz CT molecular complexity index is 456. The summed E-state index contributed by atoms with van der Waals surface area (Å²) in [5, 5.41) is 0.480. The van der Waals surface area contributed by atoms with E-state index in [-0.39, 0.29) is 0 Å². The zero-order chi connectivity index (χ0) is 9.42. The van der Waals surface area contributed by atoms with Gasteiger partial charge in [-0.3, -0.25) is 4.40 Å². The van der Waals surface area contributed by atoms with Crippen LogP contribution in [0.25, 0.3) is 5.65 Å². The molecule has 0 aliphatic heterocycles. The van der Waals surface area contributed by atoms with E-state index in [0.29, 0.717) is 21.3 Å². The van der Waals surface area contributed by atoms with Gasteiger partial charge in [-0.05, 0) is 15.9 Å². The van der Waals surface area contributed by atoms with Crippen LogP contribution in [0.15, 0.2) is 17.0 Å². The van der Waals surface area contributed by atoms with Crippen molar-refractivity contribution < 1.29 is 4.74 Å². The van der Waals surface area contributed by atoms with Crippen molar-refractivity contribution in [2.45, 2.75) is 0 Å². The molecule has 0 bridgehead atoms. The van der Waals surface area contributed by atoms with Crippen LogP contribution < -0.4 is 4.74 Å². The van der Waals surface area contributed by atoms with Gasteiger partial charge in [0.1, 0.15) is 9.76 Å². The Hall–Kier alpha value is -0.810. The van der Waals surface area contributed by atoms with Gasteiger partial charge in [0, 0.05) is 12.4 Å². The third kappa shape index (κ3) is 1.28. The molecule has 0 N–H and O–H groups in total. The molecule has 0 saturated carbocycles. The topological polar surface area (TPSA) is 39.4 Å². The monoisotopic (exact) mass is 261 g/mol. The molecule has 2 rings (SSSR count). The molecule has 2 aromatic heterocycles. The van der Waals surface area contributed by atoms with Crippen LogP contribution in [-0.2, 0) is 0 Å². The molecule has 0 atom stereocenters. The summed E-state index contributed by atoms with van der Waals surface area (Å²) in [6.07, 6.45) is 3.38. The van der Waals surface area contributed by atoms with Gasteiger partial charge in [-0.2, -0.15) is 4.98 Å². The maximum absolute atomic E-state index is 5.95. The Kier molecular flexibility index (Phi) is 2.13. The Morgan fingerprint density at radius 3 is 3.08 bits per heavy atom. The third-order valence-corrected chi connectivity index (χ3v) is 2.75. The molecular formula is C7H5BrClN3O. The molecule has 2 heterocycles. The van der Waals surface area contributed by atoms with E-state index < -0.39 is 0 Å². The molecule has 0 aromatic carbocycles. The van der Waals surface area contributed by atoms with Crippen LogP contribution in [-0.4, -0.2) is 21.5 Å². The van der Waals surface area contributed by atoms with E-state index >= 15 is 0 Å². The summed E-state index contributed by atoms with van der Waals surface area (Å²) in [7, 11) is 1.54. The SMILES string of the molecule is COc1nc(Br)c(Cl)n2ccnc12. The summed E-state index contributed by atoms with van der Waals surface area (Å²) < 4.78 is 7.27. The minimum atomic E-state index is 0.446. The van der Waals surface area contributed by atoms with Crippen LogP contribution in [0.4, 0.5) is 0 Å². The Morgan fingerprint density at radius 1 is 1.62 bits per heavy atom. The van der Waals surface area contributed by atoms with E-state index in [0.717, 1.165) is 0 Å². The fraction of sp³-hybridized carbons (Fsp3) is 0.143. The number of aromatic nitrogens is 3. The highest BCUT2D eigenvalue weighted by molar-refractivity contribution is 9.10. The third-order valence-electron chi connectivity index (χ3n) is 1.61. The van der Waals surface area contributed by atoms with Gasteiger partial charge in [0.25, 0.3) is 5.88 Å². The van der Waals surface area contributed by atoms with E-state index in [9.17, 15) is 0 Å². The van der Waals surface area contributed by atoms with E-state index in [2.05, 4.69) is 25.9 Å². The molecule has 0 saturated heterocycles. The van der Waals surface area contributed by atoms with E-state index in [1.807, 2.05) is 0 Å². The lowest BCUT2D eigenvalue weighted by molar-refractivity contribution is 0.399. The normalized spacial score (nSPS) is 10.7. The Balaban J connectivity index is 2.87. The Labute approximate surface area is 87.6 Å². The summed E-state index contributed by atoms with van der Waals surface area (Å²) in [5.41, 5.74) is 0.607. The number of nitrogens with zero attached hydrogens (tertiary/aromatic N) is 3. The number of rotatable bonds is 1. The van der Waals surface area contributed by atoms with E-state index in [4.69, 9.17) is 16.3 Å². The maximum atomic E-state index is 5.95. The van der Waals surface area contributed by atoms with Gasteiger partial charge in [-0.1, -0.05) is 11.6 Å². The second-order valence-corrected chi connectivity index (χ2v) is 3.43. The van der Waals surface area contributed by atoms with Crippen molar-refractivity contribution in [2.24, 2.45) is 0 Å². The predicted molar refractivity (Wildman–Crippen MR) is 52.2 cm³/mol. The lowest BCUT2D eigenvalue weighted by Gasteiger charge is -2.04. The minimum Gasteiger partial charge on any atom is -0.478 e. The van der Waals surface area contributed by atoms with Crippen molar-refractivity contribution in [1.82, 2.24) is 14.4 Å². The Morgan fingerprint density at radius 2 is 2.38 bits per heavy atom. The first-order valence-corrected chi connectivity index (χ1v) is 4.63. The number of hydrogen-bond donors (Lipinski definition) is 0. The first-order chi connectivity index (χ1) is 6.24. The minimum absolute atomic E-state index is 0.446. The predicted octanol–water partition coefficient (Wildman–Crippen LogP) is 2.15. The summed E-state index contributed by atoms with van der Waals surface area (Å²) in [5.74, 6) is 0.446. The van der Waals surface area contributed by atoms with Crippen molar-refractivity contribution in [3.05, 3.63) is 22.1 Å². The smallest absolute Gasteiger partial charge is 0.259 e. The molecule has 0 aliphatic rings. The molecule has 0 radical (unpaired) electrons. The molecule has 0 fully saturated rings. The molecule has 0 unspecified atom stereocenters. The first kappa shape index (κ1) is 8.77. The summed E-state index contributed by atoms with van der Waals surface area (Å²) in [4.78, 5) is 8.13. The van der Waals surface area contributed by atoms with Gasteiger partial charge in [-0.15, -0.1) is 0 Å². The molecule has 6 heteroatoms. The second-order valence-electron chi connectivity index (χ2n) is 2.32. The molecule has 4 nitrogen and oxygen atoms in total.